The zero-order valence-corrected chi connectivity index (χ0v) is 17.1. The Hall–Kier alpha value is -2.18. The van der Waals surface area contributed by atoms with Gasteiger partial charge < -0.3 is 0 Å². The lowest BCUT2D eigenvalue weighted by Crippen LogP contribution is -2.35. The van der Waals surface area contributed by atoms with Crippen LogP contribution in [0.3, 0.4) is 0 Å². The number of nitrogens with one attached hydrogen (secondary N) is 1. The number of hydrogen-bond acceptors (Lipinski definition) is 4. The third-order valence-corrected chi connectivity index (χ3v) is 6.32. The molecule has 1 aliphatic rings. The van der Waals surface area contributed by atoms with E-state index in [0.717, 1.165) is 37.1 Å². The lowest BCUT2D eigenvalue weighted by molar-refractivity contribution is 0.167. The molecule has 4 rings (SSSR count). The van der Waals surface area contributed by atoms with E-state index in [9.17, 15) is 8.42 Å². The van der Waals surface area contributed by atoms with Crippen molar-refractivity contribution in [2.24, 2.45) is 5.92 Å². The summed E-state index contributed by atoms with van der Waals surface area (Å²) in [6, 6.07) is 14.6. The lowest BCUT2D eigenvalue weighted by atomic mass is 9.90. The van der Waals surface area contributed by atoms with E-state index < -0.39 is 9.84 Å². The zero-order chi connectivity index (χ0) is 19.6. The standard InChI is InChI=1S/C22H27N3O2S/c1-28(26,27)16-20-5-2-4-18(11-20)14-25-9-3-6-19(15-25)10-17-7-8-22-21(12-17)13-23-24-22/h2,4-5,7-8,11-13,19H,3,6,9-10,14-16H2,1H3,(H,23,24)/t19-/m1/s1. The average Bonchev–Trinajstić information content (AvgIpc) is 3.09. The molecule has 5 nitrogen and oxygen atoms in total. The van der Waals surface area contributed by atoms with Crippen molar-refractivity contribution in [2.45, 2.75) is 31.6 Å². The molecule has 0 spiro atoms. The first-order valence-corrected chi connectivity index (χ1v) is 11.9. The fourth-order valence-corrected chi connectivity index (χ4v) is 5.08. The van der Waals surface area contributed by atoms with E-state index >= 15 is 0 Å². The van der Waals surface area contributed by atoms with Crippen molar-refractivity contribution in [1.29, 1.82) is 0 Å². The molecule has 1 N–H and O–H groups in total. The van der Waals surface area contributed by atoms with Gasteiger partial charge in [-0.15, -0.1) is 0 Å². The second kappa shape index (κ2) is 8.05. The first-order chi connectivity index (χ1) is 13.4. The smallest absolute Gasteiger partial charge is 0.151 e. The van der Waals surface area contributed by atoms with Crippen LogP contribution in [-0.2, 0) is 28.6 Å². The average molecular weight is 398 g/mol. The number of likely N-dealkylation sites (tertiary alicyclic amines) is 1. The van der Waals surface area contributed by atoms with Crippen LogP contribution in [0.1, 0.15) is 29.5 Å². The van der Waals surface area contributed by atoms with Gasteiger partial charge in [-0.05, 0) is 60.5 Å². The van der Waals surface area contributed by atoms with Crippen molar-refractivity contribution >= 4 is 20.7 Å². The summed E-state index contributed by atoms with van der Waals surface area (Å²) in [7, 11) is -3.00. The van der Waals surface area contributed by atoms with Gasteiger partial charge in [-0.1, -0.05) is 30.3 Å². The number of piperidine rings is 1. The number of benzene rings is 2. The van der Waals surface area contributed by atoms with Gasteiger partial charge in [0.15, 0.2) is 9.84 Å². The van der Waals surface area contributed by atoms with Gasteiger partial charge in [0.1, 0.15) is 0 Å². The van der Waals surface area contributed by atoms with Crippen molar-refractivity contribution < 1.29 is 8.42 Å². The fourth-order valence-electron chi connectivity index (χ4n) is 4.29. The van der Waals surface area contributed by atoms with Crippen LogP contribution in [0.4, 0.5) is 0 Å². The van der Waals surface area contributed by atoms with Gasteiger partial charge in [0, 0.05) is 24.7 Å². The number of fused-ring (bicyclic) bond motifs is 1. The Morgan fingerprint density at radius 1 is 1.14 bits per heavy atom. The van der Waals surface area contributed by atoms with Crippen molar-refractivity contribution in [2.75, 3.05) is 19.3 Å². The number of hydrogen-bond donors (Lipinski definition) is 1. The monoisotopic (exact) mass is 397 g/mol. The third-order valence-electron chi connectivity index (χ3n) is 5.46. The summed E-state index contributed by atoms with van der Waals surface area (Å²) in [5, 5.41) is 8.29. The van der Waals surface area contributed by atoms with Crippen molar-refractivity contribution in [3.63, 3.8) is 0 Å². The summed E-state index contributed by atoms with van der Waals surface area (Å²) >= 11 is 0. The fraction of sp³-hybridized carbons (Fsp3) is 0.409. The number of nitrogens with zero attached hydrogens (tertiary/aromatic N) is 2. The normalized spacial score (nSPS) is 18.5. The quantitative estimate of drug-likeness (QED) is 0.691. The zero-order valence-electron chi connectivity index (χ0n) is 16.3. The van der Waals surface area contributed by atoms with Crippen LogP contribution < -0.4 is 0 Å². The van der Waals surface area contributed by atoms with Crippen molar-refractivity contribution in [1.82, 2.24) is 15.1 Å². The molecule has 148 valence electrons. The molecule has 3 aromatic rings. The Balaban J connectivity index is 1.39. The minimum Gasteiger partial charge on any atom is -0.299 e. The minimum absolute atomic E-state index is 0.111. The van der Waals surface area contributed by atoms with Crippen molar-refractivity contribution in [3.8, 4) is 0 Å². The summed E-state index contributed by atoms with van der Waals surface area (Å²) < 4.78 is 23.1. The van der Waals surface area contributed by atoms with E-state index in [-0.39, 0.29) is 5.75 Å². The lowest BCUT2D eigenvalue weighted by Gasteiger charge is -2.33. The topological polar surface area (TPSA) is 66.1 Å². The molecule has 1 fully saturated rings. The van der Waals surface area contributed by atoms with Gasteiger partial charge in [0.2, 0.25) is 0 Å². The van der Waals surface area contributed by atoms with Crippen LogP contribution in [-0.4, -0.2) is 42.9 Å². The maximum atomic E-state index is 11.6. The maximum Gasteiger partial charge on any atom is 0.151 e. The molecule has 0 bridgehead atoms. The molecule has 0 aliphatic carbocycles. The first kappa shape index (κ1) is 19.2. The van der Waals surface area contributed by atoms with Gasteiger partial charge >= 0.3 is 0 Å². The highest BCUT2D eigenvalue weighted by atomic mass is 32.2. The molecule has 2 heterocycles. The third kappa shape index (κ3) is 5.00. The number of sulfone groups is 1. The van der Waals surface area contributed by atoms with Crippen LogP contribution in [0.25, 0.3) is 10.9 Å². The molecule has 0 unspecified atom stereocenters. The molecular weight excluding hydrogens is 370 g/mol. The summed E-state index contributed by atoms with van der Waals surface area (Å²) in [6.45, 7) is 3.07. The van der Waals surface area contributed by atoms with E-state index in [2.05, 4.69) is 39.4 Å². The largest absolute Gasteiger partial charge is 0.299 e. The predicted octanol–water partition coefficient (Wildman–Crippen LogP) is 3.56. The molecule has 1 saturated heterocycles. The number of aromatic amines is 1. The Morgan fingerprint density at radius 2 is 2.00 bits per heavy atom. The maximum absolute atomic E-state index is 11.6. The van der Waals surface area contributed by atoms with Crippen LogP contribution in [0.5, 0.6) is 0 Å². The van der Waals surface area contributed by atoms with Crippen LogP contribution >= 0.6 is 0 Å². The Morgan fingerprint density at radius 3 is 2.86 bits per heavy atom. The van der Waals surface area contributed by atoms with Gasteiger partial charge in [0.25, 0.3) is 0 Å². The Labute approximate surface area is 166 Å². The van der Waals surface area contributed by atoms with E-state index in [1.54, 1.807) is 0 Å². The highest BCUT2D eigenvalue weighted by Crippen LogP contribution is 2.24. The van der Waals surface area contributed by atoms with E-state index in [1.807, 2.05) is 24.4 Å². The molecular formula is C22H27N3O2S. The predicted molar refractivity (Wildman–Crippen MR) is 113 cm³/mol. The molecule has 1 atom stereocenters. The van der Waals surface area contributed by atoms with Crippen molar-refractivity contribution in [3.05, 3.63) is 65.4 Å². The van der Waals surface area contributed by atoms with E-state index in [1.165, 1.54) is 35.6 Å². The highest BCUT2D eigenvalue weighted by Gasteiger charge is 2.20. The SMILES string of the molecule is CS(=O)(=O)Cc1cccc(CN2CCC[C@H](Cc3ccc4[nH]ncc4c3)C2)c1. The molecule has 2 aromatic carbocycles. The van der Waals surface area contributed by atoms with Gasteiger partial charge in [-0.3, -0.25) is 10.00 Å². The van der Waals surface area contributed by atoms with E-state index in [0.29, 0.717) is 5.92 Å². The van der Waals surface area contributed by atoms with Crippen LogP contribution in [0.2, 0.25) is 0 Å². The second-order valence-electron chi connectivity index (χ2n) is 8.13. The Kier molecular flexibility index (Phi) is 5.51. The summed E-state index contributed by atoms with van der Waals surface area (Å²) in [6.07, 6.45) is 6.73. The van der Waals surface area contributed by atoms with Gasteiger partial charge in [-0.2, -0.15) is 5.10 Å². The number of aromatic nitrogens is 2. The summed E-state index contributed by atoms with van der Waals surface area (Å²) in [5.74, 6) is 0.761. The number of H-pyrrole nitrogens is 1. The van der Waals surface area contributed by atoms with Crippen LogP contribution in [0, 0.1) is 5.92 Å². The molecule has 28 heavy (non-hydrogen) atoms. The second-order valence-corrected chi connectivity index (χ2v) is 10.3. The molecule has 0 radical (unpaired) electrons. The molecule has 6 heteroatoms. The van der Waals surface area contributed by atoms with Gasteiger partial charge in [0.05, 0.1) is 17.5 Å². The molecule has 0 saturated carbocycles. The highest BCUT2D eigenvalue weighted by molar-refractivity contribution is 7.89. The molecule has 1 aromatic heterocycles. The minimum atomic E-state index is -3.00. The Bertz CT molecular complexity index is 1060. The first-order valence-electron chi connectivity index (χ1n) is 9.84. The summed E-state index contributed by atoms with van der Waals surface area (Å²) in [5.41, 5.74) is 4.53. The van der Waals surface area contributed by atoms with Crippen LogP contribution in [0.15, 0.2) is 48.7 Å². The van der Waals surface area contributed by atoms with E-state index in [4.69, 9.17) is 0 Å². The molecule has 0 amide bonds. The summed E-state index contributed by atoms with van der Waals surface area (Å²) in [4.78, 5) is 2.50. The molecule has 1 aliphatic heterocycles. The number of rotatable bonds is 6. The van der Waals surface area contributed by atoms with Gasteiger partial charge in [-0.25, -0.2) is 8.42 Å².